The Bertz CT molecular complexity index is 998. The van der Waals surface area contributed by atoms with Gasteiger partial charge in [-0.3, -0.25) is 14.6 Å². The predicted octanol–water partition coefficient (Wildman–Crippen LogP) is 4.26. The van der Waals surface area contributed by atoms with E-state index in [1.807, 2.05) is 18.7 Å². The van der Waals surface area contributed by atoms with Gasteiger partial charge in [0.25, 0.3) is 5.91 Å². The second kappa shape index (κ2) is 11.7. The number of rotatable bonds is 9. The molecule has 0 aromatic heterocycles. The molecule has 0 unspecified atom stereocenters. The zero-order valence-electron chi connectivity index (χ0n) is 18.8. The number of nitrogens with zero attached hydrogens (tertiary/aromatic N) is 3. The van der Waals surface area contributed by atoms with Gasteiger partial charge in [0, 0.05) is 42.4 Å². The van der Waals surface area contributed by atoms with Gasteiger partial charge >= 0.3 is 0 Å². The van der Waals surface area contributed by atoms with E-state index in [1.54, 1.807) is 24.3 Å². The van der Waals surface area contributed by atoms with Crippen LogP contribution in [0.2, 0.25) is 0 Å². The molecular weight excluding hydrogens is 409 g/mol. The van der Waals surface area contributed by atoms with E-state index in [0.29, 0.717) is 41.3 Å². The Labute approximate surface area is 188 Å². The largest absolute Gasteiger partial charge is 0.387 e. The third kappa shape index (κ3) is 6.73. The maximum Gasteiger partial charge on any atom is 0.255 e. The highest BCUT2D eigenvalue weighted by atomic mass is 19.1. The van der Waals surface area contributed by atoms with Crippen molar-refractivity contribution in [2.75, 3.05) is 13.1 Å². The van der Waals surface area contributed by atoms with Crippen LogP contribution in [0.4, 0.5) is 10.1 Å². The van der Waals surface area contributed by atoms with Gasteiger partial charge in [-0.05, 0) is 50.8 Å². The number of benzene rings is 1. The summed E-state index contributed by atoms with van der Waals surface area (Å²) in [6.07, 6.45) is 6.14. The summed E-state index contributed by atoms with van der Waals surface area (Å²) in [5.41, 5.74) is 8.31. The molecule has 2 amide bonds. The fourth-order valence-electron chi connectivity index (χ4n) is 3.35. The molecule has 1 aromatic carbocycles. The van der Waals surface area contributed by atoms with Crippen LogP contribution in [-0.4, -0.2) is 42.4 Å². The quantitative estimate of drug-likeness (QED) is 0.444. The van der Waals surface area contributed by atoms with E-state index in [9.17, 15) is 14.0 Å². The minimum absolute atomic E-state index is 0.0541. The van der Waals surface area contributed by atoms with Crippen LogP contribution in [0.1, 0.15) is 56.0 Å². The predicted molar refractivity (Wildman–Crippen MR) is 127 cm³/mol. The van der Waals surface area contributed by atoms with Crippen molar-refractivity contribution in [1.29, 1.82) is 0 Å². The van der Waals surface area contributed by atoms with E-state index in [4.69, 9.17) is 5.73 Å². The molecule has 0 atom stereocenters. The first-order valence-electron chi connectivity index (χ1n) is 10.6. The smallest absolute Gasteiger partial charge is 0.255 e. The third-order valence-electron chi connectivity index (χ3n) is 4.65. The summed E-state index contributed by atoms with van der Waals surface area (Å²) in [5, 5.41) is 2.59. The molecule has 0 spiro atoms. The summed E-state index contributed by atoms with van der Waals surface area (Å²) in [4.78, 5) is 35.5. The summed E-state index contributed by atoms with van der Waals surface area (Å²) >= 11 is 0. The fraction of sp³-hybridized carbons (Fsp3) is 0.333. The maximum atomic E-state index is 13.2. The van der Waals surface area contributed by atoms with Gasteiger partial charge in [0.05, 0.1) is 17.2 Å². The van der Waals surface area contributed by atoms with Crippen LogP contribution in [0.3, 0.4) is 0 Å². The average molecular weight is 440 g/mol. The van der Waals surface area contributed by atoms with Crippen molar-refractivity contribution in [1.82, 2.24) is 10.2 Å². The van der Waals surface area contributed by atoms with E-state index >= 15 is 0 Å². The van der Waals surface area contributed by atoms with E-state index in [-0.39, 0.29) is 18.0 Å². The van der Waals surface area contributed by atoms with Crippen molar-refractivity contribution in [2.24, 2.45) is 15.7 Å². The third-order valence-corrected chi connectivity index (χ3v) is 4.65. The van der Waals surface area contributed by atoms with Crippen molar-refractivity contribution < 1.29 is 14.0 Å². The Balaban J connectivity index is 2.35. The van der Waals surface area contributed by atoms with Crippen LogP contribution < -0.4 is 11.1 Å². The fourth-order valence-corrected chi connectivity index (χ4v) is 3.35. The van der Waals surface area contributed by atoms with Crippen LogP contribution in [0, 0.1) is 0 Å². The summed E-state index contributed by atoms with van der Waals surface area (Å²) in [6.45, 7) is 10.0. The lowest BCUT2D eigenvalue weighted by Gasteiger charge is -2.22. The van der Waals surface area contributed by atoms with Gasteiger partial charge in [0.2, 0.25) is 5.91 Å². The molecule has 0 radical (unpaired) electrons. The molecule has 8 heteroatoms. The first kappa shape index (κ1) is 24.7. The Hall–Kier alpha value is -3.55. The molecule has 2 rings (SSSR count). The number of carbonyl (C=O) groups is 2. The maximum absolute atomic E-state index is 13.2. The number of allylic oxidation sites excluding steroid dienone is 2. The number of amides is 2. The molecule has 0 saturated heterocycles. The Morgan fingerprint density at radius 3 is 2.59 bits per heavy atom. The highest BCUT2D eigenvalue weighted by Gasteiger charge is 2.21. The monoisotopic (exact) mass is 439 g/mol. The number of carbonyl (C=O) groups excluding carboxylic acids is 2. The zero-order valence-corrected chi connectivity index (χ0v) is 18.8. The zero-order chi connectivity index (χ0) is 23.7. The molecule has 0 aliphatic carbocycles. The van der Waals surface area contributed by atoms with E-state index in [1.165, 1.54) is 13.1 Å². The van der Waals surface area contributed by atoms with Crippen molar-refractivity contribution >= 4 is 36.1 Å². The molecule has 7 nitrogen and oxygen atoms in total. The second-order valence-corrected chi connectivity index (χ2v) is 7.47. The van der Waals surface area contributed by atoms with Gasteiger partial charge in [-0.2, -0.15) is 0 Å². The van der Waals surface area contributed by atoms with Crippen LogP contribution in [0.15, 0.2) is 57.6 Å². The molecule has 0 fully saturated rings. The standard InChI is InChI=1S/C24H30FN5O2/c1-5-9-30(10-6-2)24(32)19-12-17-7-8-18(13-21(17)29-22(26)14-19)23(31)28-20(15-27-4)11-16(3)25/h7-8,11-13,15H,4-6,9-10,14H2,1-3H3,(H2,26,29)(H,28,31)/b16-11+,20-15+. The van der Waals surface area contributed by atoms with Gasteiger partial charge in [0.15, 0.2) is 0 Å². The van der Waals surface area contributed by atoms with Crippen LogP contribution >= 0.6 is 0 Å². The number of fused-ring (bicyclic) bond motifs is 1. The molecule has 1 aromatic rings. The topological polar surface area (TPSA) is 100 Å². The number of amidine groups is 1. The van der Waals surface area contributed by atoms with Gasteiger partial charge in [-0.25, -0.2) is 9.38 Å². The first-order valence-corrected chi connectivity index (χ1v) is 10.6. The lowest BCUT2D eigenvalue weighted by molar-refractivity contribution is -0.127. The molecule has 1 aliphatic rings. The number of hydrogen-bond donors (Lipinski definition) is 2. The number of nitrogens with two attached hydrogens (primary N) is 1. The number of halogens is 1. The van der Waals surface area contributed by atoms with Gasteiger partial charge in [0.1, 0.15) is 5.84 Å². The van der Waals surface area contributed by atoms with Crippen molar-refractivity contribution in [2.45, 2.75) is 40.0 Å². The van der Waals surface area contributed by atoms with Crippen LogP contribution in [0.25, 0.3) is 6.08 Å². The molecule has 1 heterocycles. The van der Waals surface area contributed by atoms with E-state index in [2.05, 4.69) is 22.0 Å². The number of hydrogen-bond acceptors (Lipinski definition) is 5. The van der Waals surface area contributed by atoms with Crippen LogP contribution in [-0.2, 0) is 4.79 Å². The minimum atomic E-state index is -0.484. The molecule has 1 aliphatic heterocycles. The highest BCUT2D eigenvalue weighted by Crippen LogP contribution is 2.28. The van der Waals surface area contributed by atoms with Crippen LogP contribution in [0.5, 0.6) is 0 Å². The molecule has 170 valence electrons. The van der Waals surface area contributed by atoms with Crippen molar-refractivity contribution in [3.05, 3.63) is 58.7 Å². The second-order valence-electron chi connectivity index (χ2n) is 7.47. The average Bonchev–Trinajstić information content (AvgIpc) is 2.90. The van der Waals surface area contributed by atoms with Crippen molar-refractivity contribution in [3.8, 4) is 0 Å². The Morgan fingerprint density at radius 1 is 1.31 bits per heavy atom. The first-order chi connectivity index (χ1) is 15.3. The molecule has 0 saturated carbocycles. The SMILES string of the molecule is C=N/C=C(\C=C(/C)F)NC(=O)c1ccc2c(c1)N=C(N)CC(C(=O)N(CCC)CCC)=C2. The number of nitrogens with one attached hydrogen (secondary N) is 1. The van der Waals surface area contributed by atoms with Gasteiger partial charge in [-0.15, -0.1) is 0 Å². The normalized spacial score (nSPS) is 14.0. The highest BCUT2D eigenvalue weighted by molar-refractivity contribution is 6.06. The molecule has 3 N–H and O–H groups in total. The Kier molecular flexibility index (Phi) is 9.07. The molecular formula is C24H30FN5O2. The molecule has 0 bridgehead atoms. The Morgan fingerprint density at radius 2 is 2.00 bits per heavy atom. The minimum Gasteiger partial charge on any atom is -0.387 e. The summed E-state index contributed by atoms with van der Waals surface area (Å²) in [7, 11) is 0. The lowest BCUT2D eigenvalue weighted by Crippen LogP contribution is -2.34. The van der Waals surface area contributed by atoms with E-state index < -0.39 is 11.7 Å². The van der Waals surface area contributed by atoms with Gasteiger partial charge < -0.3 is 16.0 Å². The molecule has 32 heavy (non-hydrogen) atoms. The number of aliphatic imine (C=N–C) groups is 2. The van der Waals surface area contributed by atoms with E-state index in [0.717, 1.165) is 18.9 Å². The summed E-state index contributed by atoms with van der Waals surface area (Å²) < 4.78 is 13.2. The van der Waals surface area contributed by atoms with Gasteiger partial charge in [-0.1, -0.05) is 19.9 Å². The lowest BCUT2D eigenvalue weighted by atomic mass is 10.0. The van der Waals surface area contributed by atoms with Crippen molar-refractivity contribution in [3.63, 3.8) is 0 Å². The summed E-state index contributed by atoms with van der Waals surface area (Å²) in [5.74, 6) is -0.708. The summed E-state index contributed by atoms with van der Waals surface area (Å²) in [6, 6.07) is 4.92.